The zero-order valence-electron chi connectivity index (χ0n) is 9.07. The molecular formula is C12H12F2N2. The van der Waals surface area contributed by atoms with E-state index in [1.165, 1.54) is 18.2 Å². The molecule has 84 valence electrons. The lowest BCUT2D eigenvalue weighted by molar-refractivity contribution is 0.627. The minimum absolute atomic E-state index is 0.313. The van der Waals surface area contributed by atoms with Gasteiger partial charge in [-0.15, -0.1) is 0 Å². The van der Waals surface area contributed by atoms with Crippen molar-refractivity contribution in [2.24, 2.45) is 0 Å². The van der Waals surface area contributed by atoms with Crippen LogP contribution in [0, 0.1) is 11.6 Å². The van der Waals surface area contributed by atoms with E-state index in [1.807, 2.05) is 0 Å². The molecule has 2 rings (SSSR count). The predicted molar refractivity (Wildman–Crippen MR) is 63.0 cm³/mol. The van der Waals surface area contributed by atoms with E-state index in [1.54, 1.807) is 20.2 Å². The number of halogens is 2. The standard InChI is InChI=1S/C12H12F2N2/c1-15-11-6-7(13)5-9-8(11)3-4-10(14)12(9)16-2/h3-6,15-16H,1-2H3. The van der Waals surface area contributed by atoms with E-state index in [-0.39, 0.29) is 11.6 Å². The maximum atomic E-state index is 13.5. The Bertz CT molecular complexity index is 538. The molecule has 0 aliphatic carbocycles. The molecule has 2 aromatic carbocycles. The van der Waals surface area contributed by atoms with Gasteiger partial charge in [0.25, 0.3) is 0 Å². The summed E-state index contributed by atoms with van der Waals surface area (Å²) in [7, 11) is 3.32. The van der Waals surface area contributed by atoms with Gasteiger partial charge in [-0.25, -0.2) is 8.78 Å². The first-order chi connectivity index (χ1) is 7.67. The first-order valence-electron chi connectivity index (χ1n) is 4.94. The number of rotatable bonds is 2. The second-order valence-electron chi connectivity index (χ2n) is 3.47. The zero-order chi connectivity index (χ0) is 11.7. The SMILES string of the molecule is CNc1cc(F)cc2c(NC)c(F)ccc12. The van der Waals surface area contributed by atoms with E-state index in [0.29, 0.717) is 16.8 Å². The van der Waals surface area contributed by atoms with E-state index in [9.17, 15) is 8.78 Å². The van der Waals surface area contributed by atoms with E-state index in [2.05, 4.69) is 10.6 Å². The van der Waals surface area contributed by atoms with Crippen LogP contribution in [0.5, 0.6) is 0 Å². The van der Waals surface area contributed by atoms with Crippen molar-refractivity contribution in [2.45, 2.75) is 0 Å². The molecule has 0 aliphatic rings. The maximum absolute atomic E-state index is 13.5. The molecule has 16 heavy (non-hydrogen) atoms. The lowest BCUT2D eigenvalue weighted by Crippen LogP contribution is -1.97. The summed E-state index contributed by atoms with van der Waals surface area (Å²) in [4.78, 5) is 0. The first-order valence-corrected chi connectivity index (χ1v) is 4.94. The topological polar surface area (TPSA) is 24.1 Å². The van der Waals surface area contributed by atoms with Crippen molar-refractivity contribution in [1.82, 2.24) is 0 Å². The molecule has 0 radical (unpaired) electrons. The number of fused-ring (bicyclic) bond motifs is 1. The van der Waals surface area contributed by atoms with Crippen LogP contribution in [0.3, 0.4) is 0 Å². The van der Waals surface area contributed by atoms with Crippen molar-refractivity contribution in [3.63, 3.8) is 0 Å². The summed E-state index contributed by atoms with van der Waals surface area (Å²) < 4.78 is 26.8. The Kier molecular flexibility index (Phi) is 2.64. The van der Waals surface area contributed by atoms with E-state index < -0.39 is 0 Å². The van der Waals surface area contributed by atoms with Crippen LogP contribution in [0.25, 0.3) is 10.8 Å². The average molecular weight is 222 g/mol. The van der Waals surface area contributed by atoms with Gasteiger partial charge in [-0.3, -0.25) is 0 Å². The molecule has 2 N–H and O–H groups in total. The highest BCUT2D eigenvalue weighted by Crippen LogP contribution is 2.32. The summed E-state index contributed by atoms with van der Waals surface area (Å²) in [5, 5.41) is 6.96. The Balaban J connectivity index is 2.87. The third-order valence-corrected chi connectivity index (χ3v) is 2.57. The highest BCUT2D eigenvalue weighted by molar-refractivity contribution is 6.01. The summed E-state index contributed by atoms with van der Waals surface area (Å²) >= 11 is 0. The summed E-state index contributed by atoms with van der Waals surface area (Å²) in [6, 6.07) is 5.72. The number of benzene rings is 2. The molecule has 0 unspecified atom stereocenters. The van der Waals surface area contributed by atoms with Gasteiger partial charge in [-0.2, -0.15) is 0 Å². The minimum atomic E-state index is -0.390. The van der Waals surface area contributed by atoms with Crippen LogP contribution in [0.15, 0.2) is 24.3 Å². The lowest BCUT2D eigenvalue weighted by atomic mass is 10.1. The minimum Gasteiger partial charge on any atom is -0.388 e. The molecule has 0 aliphatic heterocycles. The Morgan fingerprint density at radius 2 is 1.69 bits per heavy atom. The largest absolute Gasteiger partial charge is 0.388 e. The molecule has 0 amide bonds. The molecule has 4 heteroatoms. The second kappa shape index (κ2) is 3.96. The fraction of sp³-hybridized carbons (Fsp3) is 0.167. The predicted octanol–water partition coefficient (Wildman–Crippen LogP) is 3.20. The van der Waals surface area contributed by atoms with E-state index >= 15 is 0 Å². The van der Waals surface area contributed by atoms with Crippen molar-refractivity contribution in [2.75, 3.05) is 24.7 Å². The quantitative estimate of drug-likeness (QED) is 0.815. The normalized spacial score (nSPS) is 10.5. The highest BCUT2D eigenvalue weighted by atomic mass is 19.1. The van der Waals surface area contributed by atoms with Crippen molar-refractivity contribution in [3.05, 3.63) is 35.9 Å². The van der Waals surface area contributed by atoms with Crippen LogP contribution in [0.1, 0.15) is 0 Å². The van der Waals surface area contributed by atoms with Gasteiger partial charge in [0.2, 0.25) is 0 Å². The molecule has 0 fully saturated rings. The molecule has 2 nitrogen and oxygen atoms in total. The number of hydrogen-bond acceptors (Lipinski definition) is 2. The van der Waals surface area contributed by atoms with Gasteiger partial charge >= 0.3 is 0 Å². The van der Waals surface area contributed by atoms with Gasteiger partial charge in [-0.05, 0) is 24.3 Å². The molecule has 0 bridgehead atoms. The highest BCUT2D eigenvalue weighted by Gasteiger charge is 2.10. The van der Waals surface area contributed by atoms with Crippen molar-refractivity contribution in [1.29, 1.82) is 0 Å². The summed E-state index contributed by atoms with van der Waals surface area (Å²) in [5.74, 6) is -0.776. The summed E-state index contributed by atoms with van der Waals surface area (Å²) in [6.07, 6.45) is 0. The molecule has 0 heterocycles. The van der Waals surface area contributed by atoms with Crippen molar-refractivity contribution >= 4 is 22.1 Å². The van der Waals surface area contributed by atoms with Gasteiger partial charge in [0.15, 0.2) is 0 Å². The first kappa shape index (κ1) is 10.7. The van der Waals surface area contributed by atoms with Gasteiger partial charge in [0, 0.05) is 30.6 Å². The fourth-order valence-corrected chi connectivity index (χ4v) is 1.83. The number of anilines is 2. The number of nitrogens with one attached hydrogen (secondary N) is 2. The summed E-state index contributed by atoms with van der Waals surface area (Å²) in [6.45, 7) is 0. The van der Waals surface area contributed by atoms with Crippen LogP contribution < -0.4 is 10.6 Å². The molecule has 0 aromatic heterocycles. The Morgan fingerprint density at radius 3 is 2.31 bits per heavy atom. The van der Waals surface area contributed by atoms with Gasteiger partial charge in [-0.1, -0.05) is 0 Å². The summed E-state index contributed by atoms with van der Waals surface area (Å²) in [5.41, 5.74) is 0.958. The zero-order valence-corrected chi connectivity index (χ0v) is 9.07. The van der Waals surface area contributed by atoms with E-state index in [4.69, 9.17) is 0 Å². The monoisotopic (exact) mass is 222 g/mol. The van der Waals surface area contributed by atoms with Crippen LogP contribution in [0.2, 0.25) is 0 Å². The van der Waals surface area contributed by atoms with Gasteiger partial charge in [0.1, 0.15) is 11.6 Å². The van der Waals surface area contributed by atoms with Gasteiger partial charge < -0.3 is 10.6 Å². The van der Waals surface area contributed by atoms with Crippen LogP contribution in [-0.2, 0) is 0 Å². The molecule has 0 saturated heterocycles. The third kappa shape index (κ3) is 1.56. The average Bonchev–Trinajstić information content (AvgIpc) is 2.27. The number of hydrogen-bond donors (Lipinski definition) is 2. The van der Waals surface area contributed by atoms with Crippen molar-refractivity contribution < 1.29 is 8.78 Å². The second-order valence-corrected chi connectivity index (χ2v) is 3.47. The maximum Gasteiger partial charge on any atom is 0.146 e. The van der Waals surface area contributed by atoms with Crippen LogP contribution in [-0.4, -0.2) is 14.1 Å². The Morgan fingerprint density at radius 1 is 0.938 bits per heavy atom. The lowest BCUT2D eigenvalue weighted by Gasteiger charge is -2.11. The fourth-order valence-electron chi connectivity index (χ4n) is 1.83. The van der Waals surface area contributed by atoms with Crippen molar-refractivity contribution in [3.8, 4) is 0 Å². The Hall–Kier alpha value is -1.84. The molecule has 2 aromatic rings. The molecule has 0 spiro atoms. The molecule has 0 atom stereocenters. The van der Waals surface area contributed by atoms with E-state index in [0.717, 1.165) is 5.39 Å². The molecule has 0 saturated carbocycles. The molecular weight excluding hydrogens is 210 g/mol. The third-order valence-electron chi connectivity index (χ3n) is 2.57. The van der Waals surface area contributed by atoms with Crippen LogP contribution in [0.4, 0.5) is 20.2 Å². The van der Waals surface area contributed by atoms with Gasteiger partial charge in [0.05, 0.1) is 5.69 Å². The van der Waals surface area contributed by atoms with Crippen LogP contribution >= 0.6 is 0 Å². The Labute approximate surface area is 92.3 Å². The smallest absolute Gasteiger partial charge is 0.146 e.